The van der Waals surface area contributed by atoms with Gasteiger partial charge in [-0.15, -0.1) is 0 Å². The Balaban J connectivity index is 4.24. The Hall–Kier alpha value is -1.10. The highest BCUT2D eigenvalue weighted by Crippen LogP contribution is 2.15. The van der Waals surface area contributed by atoms with Gasteiger partial charge in [0.15, 0.2) is 0 Å². The normalized spacial score (nSPS) is 12.1. The van der Waals surface area contributed by atoms with Crippen molar-refractivity contribution < 1.29 is 9.59 Å². The molecule has 2 amide bonds. The van der Waals surface area contributed by atoms with Gasteiger partial charge in [0.25, 0.3) is 0 Å². The molecule has 1 unspecified atom stereocenters. The molecule has 112 valence electrons. The molecule has 0 aliphatic heterocycles. The van der Waals surface area contributed by atoms with E-state index in [1.165, 1.54) is 4.90 Å². The summed E-state index contributed by atoms with van der Waals surface area (Å²) in [6.45, 7) is 5.45. The van der Waals surface area contributed by atoms with Crippen LogP contribution in [0.5, 0.6) is 0 Å². The molecule has 0 aliphatic rings. The molecule has 5 heteroatoms. The van der Waals surface area contributed by atoms with Crippen molar-refractivity contribution in [1.82, 2.24) is 9.80 Å². The van der Waals surface area contributed by atoms with Crippen LogP contribution in [-0.4, -0.2) is 55.3 Å². The fourth-order valence-corrected chi connectivity index (χ4v) is 1.96. The molecule has 0 aromatic carbocycles. The molecule has 0 radical (unpaired) electrons. The number of hydrogen-bond acceptors (Lipinski definition) is 3. The molecule has 1 atom stereocenters. The van der Waals surface area contributed by atoms with Gasteiger partial charge in [0, 0.05) is 27.1 Å². The average molecular weight is 271 g/mol. The molecule has 0 saturated carbocycles. The van der Waals surface area contributed by atoms with Gasteiger partial charge in [-0.05, 0) is 32.2 Å². The van der Waals surface area contributed by atoms with E-state index in [-0.39, 0.29) is 18.4 Å². The summed E-state index contributed by atoms with van der Waals surface area (Å²) in [5.41, 5.74) is 5.55. The van der Waals surface area contributed by atoms with Gasteiger partial charge in [-0.25, -0.2) is 0 Å². The van der Waals surface area contributed by atoms with E-state index < -0.39 is 0 Å². The minimum atomic E-state index is -0.0378. The summed E-state index contributed by atoms with van der Waals surface area (Å²) in [6.07, 6.45) is 3.38. The van der Waals surface area contributed by atoms with Crippen molar-refractivity contribution in [1.29, 1.82) is 0 Å². The van der Waals surface area contributed by atoms with Crippen LogP contribution in [0.25, 0.3) is 0 Å². The molecule has 0 spiro atoms. The van der Waals surface area contributed by atoms with Crippen molar-refractivity contribution in [3.8, 4) is 0 Å². The minimum Gasteiger partial charge on any atom is -0.347 e. The number of nitrogens with zero attached hydrogens (tertiary/aromatic N) is 2. The minimum absolute atomic E-state index is 0.0378. The highest BCUT2D eigenvalue weighted by molar-refractivity contribution is 5.84. The third-order valence-corrected chi connectivity index (χ3v) is 3.48. The second kappa shape index (κ2) is 9.78. The predicted molar refractivity (Wildman–Crippen MR) is 77.6 cm³/mol. The monoisotopic (exact) mass is 271 g/mol. The third-order valence-electron chi connectivity index (χ3n) is 3.48. The SMILES string of the molecule is CCC(CCN)CCC(=O)N(CC)CC(=O)N(C)C. The number of likely N-dealkylation sites (N-methyl/N-ethyl adjacent to an activating group) is 2. The molecule has 0 fully saturated rings. The summed E-state index contributed by atoms with van der Waals surface area (Å²) in [5.74, 6) is 0.537. The smallest absolute Gasteiger partial charge is 0.241 e. The average Bonchev–Trinajstić information content (AvgIpc) is 2.39. The van der Waals surface area contributed by atoms with Crippen LogP contribution in [0.4, 0.5) is 0 Å². The van der Waals surface area contributed by atoms with E-state index in [2.05, 4.69) is 6.92 Å². The maximum Gasteiger partial charge on any atom is 0.241 e. The Labute approximate surface area is 117 Å². The first-order valence-electron chi connectivity index (χ1n) is 7.14. The summed E-state index contributed by atoms with van der Waals surface area (Å²) < 4.78 is 0. The van der Waals surface area contributed by atoms with Crippen LogP contribution in [0.3, 0.4) is 0 Å². The van der Waals surface area contributed by atoms with Gasteiger partial charge in [-0.3, -0.25) is 9.59 Å². The van der Waals surface area contributed by atoms with Gasteiger partial charge in [0.1, 0.15) is 0 Å². The first-order chi connectivity index (χ1) is 8.96. The summed E-state index contributed by atoms with van der Waals surface area (Å²) >= 11 is 0. The van der Waals surface area contributed by atoms with Crippen molar-refractivity contribution in [2.45, 2.75) is 39.5 Å². The molecule has 0 aromatic rings. The van der Waals surface area contributed by atoms with Gasteiger partial charge < -0.3 is 15.5 Å². The van der Waals surface area contributed by atoms with Crippen molar-refractivity contribution in [2.24, 2.45) is 11.7 Å². The highest BCUT2D eigenvalue weighted by atomic mass is 16.2. The van der Waals surface area contributed by atoms with Crippen molar-refractivity contribution >= 4 is 11.8 Å². The standard InChI is InChI=1S/C14H29N3O2/c1-5-12(9-10-15)7-8-13(18)17(6-2)11-14(19)16(3)4/h12H,5-11,15H2,1-4H3. The van der Waals surface area contributed by atoms with E-state index in [4.69, 9.17) is 5.73 Å². The third kappa shape index (κ3) is 7.15. The maximum absolute atomic E-state index is 12.1. The Kier molecular flexibility index (Phi) is 9.21. The largest absolute Gasteiger partial charge is 0.347 e. The number of carbonyl (C=O) groups is 2. The van der Waals surface area contributed by atoms with Crippen LogP contribution in [0.15, 0.2) is 0 Å². The van der Waals surface area contributed by atoms with E-state index in [1.54, 1.807) is 19.0 Å². The second-order valence-corrected chi connectivity index (χ2v) is 5.09. The molecule has 0 heterocycles. The molecule has 2 N–H and O–H groups in total. The molecule has 0 saturated heterocycles. The first-order valence-corrected chi connectivity index (χ1v) is 7.14. The topological polar surface area (TPSA) is 66.6 Å². The number of rotatable bonds is 9. The van der Waals surface area contributed by atoms with Gasteiger partial charge in [-0.2, -0.15) is 0 Å². The lowest BCUT2D eigenvalue weighted by Gasteiger charge is -2.23. The Bertz CT molecular complexity index is 280. The molecular weight excluding hydrogens is 242 g/mol. The summed E-state index contributed by atoms with van der Waals surface area (Å²) in [4.78, 5) is 26.8. The maximum atomic E-state index is 12.1. The van der Waals surface area contributed by atoms with E-state index in [1.807, 2.05) is 6.92 Å². The van der Waals surface area contributed by atoms with Crippen molar-refractivity contribution in [3.63, 3.8) is 0 Å². The number of nitrogens with two attached hydrogens (primary N) is 1. The molecule has 5 nitrogen and oxygen atoms in total. The van der Waals surface area contributed by atoms with E-state index in [0.29, 0.717) is 25.4 Å². The summed E-state index contributed by atoms with van der Waals surface area (Å²) in [7, 11) is 3.41. The number of carbonyl (C=O) groups excluding carboxylic acids is 2. The molecule has 0 aromatic heterocycles. The van der Waals surface area contributed by atoms with Crippen molar-refractivity contribution in [2.75, 3.05) is 33.7 Å². The van der Waals surface area contributed by atoms with Gasteiger partial charge in [-0.1, -0.05) is 13.3 Å². The first kappa shape index (κ1) is 17.9. The van der Waals surface area contributed by atoms with Crippen LogP contribution in [-0.2, 0) is 9.59 Å². The van der Waals surface area contributed by atoms with Gasteiger partial charge >= 0.3 is 0 Å². The van der Waals surface area contributed by atoms with Crippen molar-refractivity contribution in [3.05, 3.63) is 0 Å². The van der Waals surface area contributed by atoms with E-state index >= 15 is 0 Å². The molecule has 19 heavy (non-hydrogen) atoms. The van der Waals surface area contributed by atoms with Crippen LogP contribution in [0.1, 0.15) is 39.5 Å². The number of amides is 2. The zero-order valence-corrected chi connectivity index (χ0v) is 12.8. The van der Waals surface area contributed by atoms with Gasteiger partial charge in [0.2, 0.25) is 11.8 Å². The fourth-order valence-electron chi connectivity index (χ4n) is 1.96. The quantitative estimate of drug-likeness (QED) is 0.682. The lowest BCUT2D eigenvalue weighted by molar-refractivity contribution is -0.139. The Morgan fingerprint density at radius 2 is 1.74 bits per heavy atom. The van der Waals surface area contributed by atoms with Crippen LogP contribution >= 0.6 is 0 Å². The Morgan fingerprint density at radius 3 is 2.16 bits per heavy atom. The van der Waals surface area contributed by atoms with Crippen LogP contribution in [0.2, 0.25) is 0 Å². The van der Waals surface area contributed by atoms with Crippen LogP contribution in [0, 0.1) is 5.92 Å². The number of hydrogen-bond donors (Lipinski definition) is 1. The summed E-state index contributed by atoms with van der Waals surface area (Å²) in [5, 5.41) is 0. The predicted octanol–water partition coefficient (Wildman–Crippen LogP) is 1.08. The lowest BCUT2D eigenvalue weighted by Crippen LogP contribution is -2.40. The molecule has 0 aliphatic carbocycles. The lowest BCUT2D eigenvalue weighted by atomic mass is 9.96. The fraction of sp³-hybridized carbons (Fsp3) is 0.857. The van der Waals surface area contributed by atoms with E-state index in [9.17, 15) is 9.59 Å². The van der Waals surface area contributed by atoms with Gasteiger partial charge in [0.05, 0.1) is 6.54 Å². The molecule has 0 bridgehead atoms. The molecular formula is C14H29N3O2. The molecule has 0 rings (SSSR count). The van der Waals surface area contributed by atoms with Crippen LogP contribution < -0.4 is 5.73 Å². The highest BCUT2D eigenvalue weighted by Gasteiger charge is 2.17. The van der Waals surface area contributed by atoms with E-state index in [0.717, 1.165) is 19.3 Å². The zero-order valence-electron chi connectivity index (χ0n) is 12.8. The Morgan fingerprint density at radius 1 is 1.11 bits per heavy atom. The zero-order chi connectivity index (χ0) is 14.8. The summed E-state index contributed by atoms with van der Waals surface area (Å²) in [6, 6.07) is 0. The second-order valence-electron chi connectivity index (χ2n) is 5.09.